The number of hydrogen-bond acceptors (Lipinski definition) is 8. The molecule has 8 nitrogen and oxygen atoms in total. The van der Waals surface area contributed by atoms with Crippen molar-refractivity contribution in [3.63, 3.8) is 0 Å². The number of hydrogen-bond donors (Lipinski definition) is 2. The molecule has 0 radical (unpaired) electrons. The van der Waals surface area contributed by atoms with Gasteiger partial charge in [0.15, 0.2) is 15.0 Å². The maximum absolute atomic E-state index is 12.6. The van der Waals surface area contributed by atoms with Gasteiger partial charge >= 0.3 is 0 Å². The minimum atomic E-state index is -3.28. The number of carbonyl (C=O) groups is 1. The van der Waals surface area contributed by atoms with Gasteiger partial charge in [-0.15, -0.1) is 0 Å². The van der Waals surface area contributed by atoms with Crippen molar-refractivity contribution in [3.05, 3.63) is 64.7 Å². The fraction of sp³-hybridized carbons (Fsp3) is 0.385. The summed E-state index contributed by atoms with van der Waals surface area (Å²) in [6.45, 7) is 5.96. The smallest absolute Gasteiger partial charge is 0.263 e. The van der Waals surface area contributed by atoms with Crippen LogP contribution in [0.5, 0.6) is 0 Å². The van der Waals surface area contributed by atoms with Crippen LogP contribution in [0.3, 0.4) is 0 Å². The van der Waals surface area contributed by atoms with Crippen molar-refractivity contribution in [3.8, 4) is 0 Å². The normalized spacial score (nSPS) is 19.5. The van der Waals surface area contributed by atoms with Crippen LogP contribution < -0.4 is 15.5 Å². The van der Waals surface area contributed by atoms with E-state index in [1.807, 2.05) is 32.0 Å². The summed E-state index contributed by atoms with van der Waals surface area (Å²) < 4.78 is 29.6. The van der Waals surface area contributed by atoms with Gasteiger partial charge in [-0.25, -0.2) is 13.4 Å². The van der Waals surface area contributed by atoms with E-state index in [4.69, 9.17) is 9.72 Å². The SMILES string of the molecule is CC1(C)Cc2nc(N3CCOCC3Cc3cccc(Nc4cccc(S(C)(=O)=O)c4)c3)sc2C(=O)N1. The number of rotatable bonds is 6. The molecule has 0 aliphatic carbocycles. The minimum Gasteiger partial charge on any atom is -0.377 e. The zero-order chi connectivity index (χ0) is 25.5. The van der Waals surface area contributed by atoms with Gasteiger partial charge in [0.25, 0.3) is 5.91 Å². The Morgan fingerprint density at radius 1 is 1.19 bits per heavy atom. The number of amides is 1. The molecule has 2 N–H and O–H groups in total. The molecule has 0 spiro atoms. The van der Waals surface area contributed by atoms with E-state index in [0.29, 0.717) is 30.2 Å². The van der Waals surface area contributed by atoms with Crippen molar-refractivity contribution in [1.29, 1.82) is 0 Å². The number of nitrogens with zero attached hydrogens (tertiary/aromatic N) is 2. The van der Waals surface area contributed by atoms with Crippen LogP contribution in [0, 0.1) is 0 Å². The first-order chi connectivity index (χ1) is 17.1. The van der Waals surface area contributed by atoms with Gasteiger partial charge in [-0.05, 0) is 56.2 Å². The minimum absolute atomic E-state index is 0.0477. The largest absolute Gasteiger partial charge is 0.377 e. The topological polar surface area (TPSA) is 101 Å². The summed E-state index contributed by atoms with van der Waals surface area (Å²) in [5.74, 6) is -0.0477. The van der Waals surface area contributed by atoms with Crippen LogP contribution in [0.2, 0.25) is 0 Å². The molecule has 2 aliphatic rings. The van der Waals surface area contributed by atoms with Gasteiger partial charge in [-0.3, -0.25) is 4.79 Å². The number of morpholine rings is 1. The molecule has 1 atom stereocenters. The van der Waals surface area contributed by atoms with Crippen LogP contribution in [-0.2, 0) is 27.4 Å². The number of benzene rings is 2. The lowest BCUT2D eigenvalue weighted by Gasteiger charge is -2.35. The molecule has 1 fully saturated rings. The van der Waals surface area contributed by atoms with E-state index in [1.165, 1.54) is 17.6 Å². The van der Waals surface area contributed by atoms with Crippen LogP contribution >= 0.6 is 11.3 Å². The van der Waals surface area contributed by atoms with Crippen LogP contribution in [0.25, 0.3) is 0 Å². The number of nitrogens with one attached hydrogen (secondary N) is 2. The van der Waals surface area contributed by atoms with Gasteiger partial charge in [-0.1, -0.05) is 29.5 Å². The van der Waals surface area contributed by atoms with Crippen molar-refractivity contribution in [2.45, 2.75) is 43.2 Å². The summed E-state index contributed by atoms with van der Waals surface area (Å²) in [5, 5.41) is 7.25. The maximum atomic E-state index is 12.6. The Bertz CT molecular complexity index is 1400. The van der Waals surface area contributed by atoms with E-state index in [0.717, 1.165) is 35.0 Å². The van der Waals surface area contributed by atoms with Gasteiger partial charge in [0, 0.05) is 36.1 Å². The van der Waals surface area contributed by atoms with Gasteiger partial charge in [0.1, 0.15) is 4.88 Å². The first kappa shape index (κ1) is 24.7. The molecule has 1 saturated heterocycles. The maximum Gasteiger partial charge on any atom is 0.263 e. The summed E-state index contributed by atoms with van der Waals surface area (Å²) in [5.41, 5.74) is 3.29. The van der Waals surface area contributed by atoms with Crippen LogP contribution in [0.1, 0.15) is 34.8 Å². The van der Waals surface area contributed by atoms with Gasteiger partial charge in [-0.2, -0.15) is 0 Å². The highest BCUT2D eigenvalue weighted by Crippen LogP contribution is 2.34. The first-order valence-corrected chi connectivity index (χ1v) is 14.6. The van der Waals surface area contributed by atoms with Crippen molar-refractivity contribution in [2.75, 3.05) is 36.2 Å². The van der Waals surface area contributed by atoms with Crippen molar-refractivity contribution in [2.24, 2.45) is 0 Å². The zero-order valence-corrected chi connectivity index (χ0v) is 22.2. The Morgan fingerprint density at radius 3 is 2.72 bits per heavy atom. The molecular weight excluding hydrogens is 496 g/mol. The molecule has 2 aliphatic heterocycles. The second-order valence-electron chi connectivity index (χ2n) is 10.0. The highest BCUT2D eigenvalue weighted by atomic mass is 32.2. The molecule has 1 amide bonds. The predicted octanol–water partition coefficient (Wildman–Crippen LogP) is 3.80. The van der Waals surface area contributed by atoms with Gasteiger partial charge < -0.3 is 20.3 Å². The Labute approximate surface area is 215 Å². The molecule has 0 saturated carbocycles. The Balaban J connectivity index is 1.34. The van der Waals surface area contributed by atoms with Crippen molar-refractivity contribution < 1.29 is 17.9 Å². The number of sulfone groups is 1. The van der Waals surface area contributed by atoms with E-state index >= 15 is 0 Å². The standard InChI is InChI=1S/C26H30N4O4S2/c1-26(2)15-22-23(24(31)29-26)35-25(28-22)30-10-11-34-16-20(30)13-17-6-4-7-18(12-17)27-19-8-5-9-21(14-19)36(3,32)33/h4-9,12,14,20,27H,10-11,13,15-16H2,1-3H3,(H,29,31). The second kappa shape index (κ2) is 9.49. The fourth-order valence-electron chi connectivity index (χ4n) is 4.68. The molecule has 3 heterocycles. The second-order valence-corrected chi connectivity index (χ2v) is 13.0. The lowest BCUT2D eigenvalue weighted by molar-refractivity contribution is 0.0900. The Morgan fingerprint density at radius 2 is 1.94 bits per heavy atom. The lowest BCUT2D eigenvalue weighted by Crippen LogP contribution is -2.48. The highest BCUT2D eigenvalue weighted by molar-refractivity contribution is 7.90. The zero-order valence-electron chi connectivity index (χ0n) is 20.6. The summed E-state index contributed by atoms with van der Waals surface area (Å²) in [7, 11) is -3.28. The molecular formula is C26H30N4O4S2. The van der Waals surface area contributed by atoms with Crippen LogP contribution in [-0.4, -0.2) is 56.9 Å². The Kier molecular flexibility index (Phi) is 6.52. The van der Waals surface area contributed by atoms with Crippen LogP contribution in [0.4, 0.5) is 16.5 Å². The van der Waals surface area contributed by atoms with Crippen LogP contribution in [0.15, 0.2) is 53.4 Å². The third-order valence-corrected chi connectivity index (χ3v) is 8.62. The molecule has 36 heavy (non-hydrogen) atoms. The summed E-state index contributed by atoms with van der Waals surface area (Å²) in [6.07, 6.45) is 2.67. The van der Waals surface area contributed by atoms with E-state index in [2.05, 4.69) is 27.7 Å². The summed E-state index contributed by atoms with van der Waals surface area (Å²) in [6, 6.07) is 15.0. The van der Waals surface area contributed by atoms with Crippen molar-refractivity contribution in [1.82, 2.24) is 10.3 Å². The first-order valence-electron chi connectivity index (χ1n) is 11.9. The number of aromatic nitrogens is 1. The molecule has 10 heteroatoms. The molecule has 3 aromatic rings. The monoisotopic (exact) mass is 526 g/mol. The number of ether oxygens (including phenoxy) is 1. The van der Waals surface area contributed by atoms with Gasteiger partial charge in [0.2, 0.25) is 0 Å². The lowest BCUT2D eigenvalue weighted by atomic mass is 9.94. The average Bonchev–Trinajstić information content (AvgIpc) is 3.22. The molecule has 1 aromatic heterocycles. The quantitative estimate of drug-likeness (QED) is 0.504. The van der Waals surface area contributed by atoms with E-state index in [9.17, 15) is 13.2 Å². The summed E-state index contributed by atoms with van der Waals surface area (Å²) >= 11 is 1.46. The van der Waals surface area contributed by atoms with E-state index in [-0.39, 0.29) is 22.4 Å². The summed E-state index contributed by atoms with van der Waals surface area (Å²) in [4.78, 5) is 20.7. The number of fused-ring (bicyclic) bond motifs is 1. The number of carbonyl (C=O) groups excluding carboxylic acids is 1. The molecule has 2 aromatic carbocycles. The molecule has 5 rings (SSSR count). The predicted molar refractivity (Wildman–Crippen MR) is 142 cm³/mol. The molecule has 190 valence electrons. The third kappa shape index (κ3) is 5.40. The number of thiazole rings is 1. The fourth-order valence-corrected chi connectivity index (χ4v) is 6.42. The van der Waals surface area contributed by atoms with Crippen molar-refractivity contribution >= 4 is 43.6 Å². The average molecular weight is 527 g/mol. The third-order valence-electron chi connectivity index (χ3n) is 6.38. The van der Waals surface area contributed by atoms with E-state index < -0.39 is 9.84 Å². The van der Waals surface area contributed by atoms with Gasteiger partial charge in [0.05, 0.1) is 29.8 Å². The van der Waals surface area contributed by atoms with E-state index in [1.54, 1.807) is 18.2 Å². The molecule has 1 unspecified atom stereocenters. The number of anilines is 3. The highest BCUT2D eigenvalue weighted by Gasteiger charge is 2.35. The molecule has 0 bridgehead atoms. The Hall–Kier alpha value is -2.95.